The zero-order chi connectivity index (χ0) is 8.69. The van der Waals surface area contributed by atoms with E-state index in [2.05, 4.69) is 16.2 Å². The minimum Gasteiger partial charge on any atom is -0.450 e. The number of rotatable bonds is 4. The van der Waals surface area contributed by atoms with Gasteiger partial charge in [0.1, 0.15) is 6.10 Å². The van der Waals surface area contributed by atoms with Crippen LogP contribution in [0.25, 0.3) is 4.85 Å². The zero-order valence-electron chi connectivity index (χ0n) is 5.99. The fourth-order valence-corrected chi connectivity index (χ4v) is 0.546. The number of hydrogen-bond acceptors (Lipinski definition) is 2. The Labute approximate surface area is 64.9 Å². The van der Waals surface area contributed by atoms with Crippen LogP contribution in [0.3, 0.4) is 0 Å². The van der Waals surface area contributed by atoms with E-state index in [1.165, 1.54) is 6.08 Å². The molecule has 0 aliphatic heterocycles. The Morgan fingerprint density at radius 2 is 2.55 bits per heavy atom. The predicted molar refractivity (Wildman–Crippen MR) is 39.2 cm³/mol. The molecule has 0 bridgehead atoms. The summed E-state index contributed by atoms with van der Waals surface area (Å²) in [7, 11) is 0. The van der Waals surface area contributed by atoms with Gasteiger partial charge in [-0.15, -0.1) is 0 Å². The van der Waals surface area contributed by atoms with Gasteiger partial charge in [0.25, 0.3) is 0 Å². The van der Waals surface area contributed by atoms with Gasteiger partial charge in [-0.3, -0.25) is 0 Å². The van der Waals surface area contributed by atoms with Crippen LogP contribution in [0.4, 0.5) is 4.79 Å². The predicted octanol–water partition coefficient (Wildman–Crippen LogP) is 1.54. The van der Waals surface area contributed by atoms with Gasteiger partial charge >= 0.3 is 6.16 Å². The molecule has 11 heavy (non-hydrogen) atoms. The molecule has 1 unspecified atom stereocenters. The Hall–Kier alpha value is -1.50. The number of nitrogens with zero attached hydrogens (tertiary/aromatic N) is 1. The molecular formula is C7H9NO3. The van der Waals surface area contributed by atoms with Crippen molar-refractivity contribution in [1.82, 2.24) is 0 Å². The first kappa shape index (κ1) is 9.50. The molecule has 1 atom stereocenters. The van der Waals surface area contributed by atoms with Crippen LogP contribution < -0.4 is 0 Å². The van der Waals surface area contributed by atoms with E-state index in [0.29, 0.717) is 6.42 Å². The zero-order valence-corrected chi connectivity index (χ0v) is 5.99. The lowest BCUT2D eigenvalue weighted by molar-refractivity contribution is 0.0678. The second-order valence-corrected chi connectivity index (χ2v) is 1.83. The van der Waals surface area contributed by atoms with Crippen molar-refractivity contribution in [2.75, 3.05) is 6.54 Å². The molecule has 0 saturated carbocycles. The van der Waals surface area contributed by atoms with Crippen LogP contribution in [0.15, 0.2) is 12.7 Å². The van der Waals surface area contributed by atoms with Gasteiger partial charge in [-0.1, -0.05) is 12.7 Å². The molecule has 1 N–H and O–H groups in total. The molecule has 0 aromatic heterocycles. The molecule has 4 nitrogen and oxygen atoms in total. The Balaban J connectivity index is 3.68. The summed E-state index contributed by atoms with van der Waals surface area (Å²) in [5.41, 5.74) is 0. The second-order valence-electron chi connectivity index (χ2n) is 1.83. The molecule has 0 aliphatic carbocycles. The van der Waals surface area contributed by atoms with Crippen molar-refractivity contribution in [3.05, 3.63) is 24.1 Å². The van der Waals surface area contributed by atoms with Gasteiger partial charge in [-0.2, -0.15) is 0 Å². The Bertz CT molecular complexity index is 183. The normalized spacial score (nSPS) is 11.2. The van der Waals surface area contributed by atoms with Crippen molar-refractivity contribution < 1.29 is 14.6 Å². The lowest BCUT2D eigenvalue weighted by Crippen LogP contribution is -2.14. The molecule has 0 radical (unpaired) electrons. The minimum absolute atomic E-state index is 0.254. The summed E-state index contributed by atoms with van der Waals surface area (Å²) >= 11 is 0. The maximum absolute atomic E-state index is 9.98. The molecule has 4 heteroatoms. The minimum atomic E-state index is -1.33. The Morgan fingerprint density at radius 1 is 1.91 bits per heavy atom. The van der Waals surface area contributed by atoms with Crippen LogP contribution in [0.1, 0.15) is 6.42 Å². The van der Waals surface area contributed by atoms with Crippen LogP contribution in [0.5, 0.6) is 0 Å². The molecule has 0 aromatic rings. The van der Waals surface area contributed by atoms with E-state index >= 15 is 0 Å². The largest absolute Gasteiger partial charge is 0.506 e. The van der Waals surface area contributed by atoms with Crippen molar-refractivity contribution in [2.45, 2.75) is 12.5 Å². The summed E-state index contributed by atoms with van der Waals surface area (Å²) < 4.78 is 4.36. The van der Waals surface area contributed by atoms with Crippen molar-refractivity contribution in [3.8, 4) is 0 Å². The van der Waals surface area contributed by atoms with Crippen molar-refractivity contribution in [1.29, 1.82) is 0 Å². The fraction of sp³-hybridized carbons (Fsp3) is 0.429. The summed E-state index contributed by atoms with van der Waals surface area (Å²) in [6.45, 7) is 10.1. The third kappa shape index (κ3) is 4.97. The monoisotopic (exact) mass is 155 g/mol. The quantitative estimate of drug-likeness (QED) is 0.380. The molecule has 0 heterocycles. The number of hydrogen-bond donors (Lipinski definition) is 1. The van der Waals surface area contributed by atoms with Gasteiger partial charge in [-0.05, 0) is 0 Å². The molecule has 0 fully saturated rings. The van der Waals surface area contributed by atoms with Crippen LogP contribution in [-0.4, -0.2) is 23.9 Å². The van der Waals surface area contributed by atoms with Gasteiger partial charge in [0.2, 0.25) is 6.54 Å². The van der Waals surface area contributed by atoms with Crippen molar-refractivity contribution in [3.63, 3.8) is 0 Å². The number of carboxylic acid groups (broad SMARTS) is 1. The number of carbonyl (C=O) groups is 1. The smallest absolute Gasteiger partial charge is 0.450 e. The molecule has 60 valence electrons. The number of ether oxygens (including phenoxy) is 1. The summed E-state index contributed by atoms with van der Waals surface area (Å²) in [6, 6.07) is 0. The highest BCUT2D eigenvalue weighted by atomic mass is 16.7. The van der Waals surface area contributed by atoms with Crippen LogP contribution in [0, 0.1) is 6.57 Å². The Morgan fingerprint density at radius 3 is 2.91 bits per heavy atom. The lowest BCUT2D eigenvalue weighted by atomic mass is 10.2. The maximum Gasteiger partial charge on any atom is 0.506 e. The first-order valence-electron chi connectivity index (χ1n) is 3.06. The highest BCUT2D eigenvalue weighted by molar-refractivity contribution is 5.57. The average molecular weight is 155 g/mol. The summed E-state index contributed by atoms with van der Waals surface area (Å²) in [6.07, 6.45) is -0.139. The third-order valence-electron chi connectivity index (χ3n) is 1.04. The first-order chi connectivity index (χ1) is 5.20. The van der Waals surface area contributed by atoms with E-state index in [4.69, 9.17) is 11.7 Å². The van der Waals surface area contributed by atoms with Gasteiger partial charge in [0, 0.05) is 0 Å². The van der Waals surface area contributed by atoms with Gasteiger partial charge in [-0.25, -0.2) is 11.4 Å². The SMILES string of the molecule is [C-]#[N+]CCC(C=C)OC(=O)O. The second kappa shape index (κ2) is 5.30. The summed E-state index contributed by atoms with van der Waals surface area (Å²) in [4.78, 5) is 13.0. The van der Waals surface area contributed by atoms with E-state index in [0.717, 1.165) is 0 Å². The maximum atomic E-state index is 9.98. The van der Waals surface area contributed by atoms with E-state index in [-0.39, 0.29) is 6.54 Å². The fourth-order valence-electron chi connectivity index (χ4n) is 0.546. The van der Waals surface area contributed by atoms with E-state index in [9.17, 15) is 4.79 Å². The summed E-state index contributed by atoms with van der Waals surface area (Å²) in [5.74, 6) is 0. The highest BCUT2D eigenvalue weighted by Gasteiger charge is 2.09. The van der Waals surface area contributed by atoms with Gasteiger partial charge in [0.05, 0.1) is 6.42 Å². The van der Waals surface area contributed by atoms with Crippen molar-refractivity contribution in [2.24, 2.45) is 0 Å². The molecule has 0 rings (SSSR count). The molecule has 0 saturated heterocycles. The average Bonchev–Trinajstić information content (AvgIpc) is 1.97. The molecule has 0 aromatic carbocycles. The van der Waals surface area contributed by atoms with E-state index in [1.807, 2.05) is 0 Å². The highest BCUT2D eigenvalue weighted by Crippen LogP contribution is 2.00. The first-order valence-corrected chi connectivity index (χ1v) is 3.06. The summed E-state index contributed by atoms with van der Waals surface area (Å²) in [5, 5.41) is 8.17. The van der Waals surface area contributed by atoms with Crippen LogP contribution >= 0.6 is 0 Å². The topological polar surface area (TPSA) is 50.9 Å². The van der Waals surface area contributed by atoms with Gasteiger partial charge < -0.3 is 14.7 Å². The van der Waals surface area contributed by atoms with Crippen LogP contribution in [0.2, 0.25) is 0 Å². The van der Waals surface area contributed by atoms with Crippen LogP contribution in [-0.2, 0) is 4.74 Å². The van der Waals surface area contributed by atoms with Gasteiger partial charge in [0.15, 0.2) is 0 Å². The standard InChI is InChI=1S/C7H9NO3/c1-3-6(4-5-8-2)11-7(9)10/h3,6H,1,4-5H2,(H,9,10). The molecule has 0 amide bonds. The lowest BCUT2D eigenvalue weighted by Gasteiger charge is -2.06. The van der Waals surface area contributed by atoms with E-state index in [1.54, 1.807) is 0 Å². The Kier molecular flexibility index (Phi) is 4.58. The van der Waals surface area contributed by atoms with Crippen molar-refractivity contribution >= 4 is 6.16 Å². The molecule has 0 spiro atoms. The third-order valence-corrected chi connectivity index (χ3v) is 1.04. The molecule has 0 aliphatic rings. The molecular weight excluding hydrogens is 146 g/mol. The van der Waals surface area contributed by atoms with E-state index < -0.39 is 12.3 Å².